The van der Waals surface area contributed by atoms with Gasteiger partial charge in [-0.2, -0.15) is 0 Å². The molecule has 22 heavy (non-hydrogen) atoms. The van der Waals surface area contributed by atoms with Gasteiger partial charge in [0.05, 0.1) is 5.25 Å². The van der Waals surface area contributed by atoms with Gasteiger partial charge in [0, 0.05) is 11.5 Å². The van der Waals surface area contributed by atoms with E-state index in [-0.39, 0.29) is 22.5 Å². The molecule has 1 heterocycles. The number of aromatic nitrogens is 2. The summed E-state index contributed by atoms with van der Waals surface area (Å²) in [6, 6.07) is 0.335. The first kappa shape index (κ1) is 17.3. The van der Waals surface area contributed by atoms with E-state index < -0.39 is 0 Å². The van der Waals surface area contributed by atoms with E-state index in [0.717, 1.165) is 12.8 Å². The Bertz CT molecular complexity index is 502. The molecule has 1 fully saturated rings. The zero-order chi connectivity index (χ0) is 16.3. The molecule has 5 nitrogen and oxygen atoms in total. The topological polar surface area (TPSA) is 68.0 Å². The van der Waals surface area contributed by atoms with E-state index in [1.807, 2.05) is 34.6 Å². The van der Waals surface area contributed by atoms with Crippen LogP contribution in [0.3, 0.4) is 0 Å². The fourth-order valence-corrected chi connectivity index (χ4v) is 3.39. The van der Waals surface area contributed by atoms with Gasteiger partial charge in [-0.15, -0.1) is 10.2 Å². The molecule has 1 atom stereocenters. The number of amides is 1. The molecule has 0 aliphatic heterocycles. The molecule has 1 amide bonds. The van der Waals surface area contributed by atoms with E-state index in [0.29, 0.717) is 17.2 Å². The van der Waals surface area contributed by atoms with Crippen molar-refractivity contribution in [1.82, 2.24) is 15.5 Å². The average Bonchev–Trinajstić information content (AvgIpc) is 3.05. The van der Waals surface area contributed by atoms with Crippen molar-refractivity contribution in [2.24, 2.45) is 5.92 Å². The van der Waals surface area contributed by atoms with Gasteiger partial charge in [-0.1, -0.05) is 59.2 Å². The smallest absolute Gasteiger partial charge is 0.277 e. The molecule has 1 unspecified atom stereocenters. The minimum Gasteiger partial charge on any atom is -0.415 e. The molecular formula is C16H27N3O2S. The zero-order valence-electron chi connectivity index (χ0n) is 14.2. The lowest BCUT2D eigenvalue weighted by Gasteiger charge is -2.21. The Morgan fingerprint density at radius 1 is 1.27 bits per heavy atom. The van der Waals surface area contributed by atoms with Gasteiger partial charge in [0.15, 0.2) is 0 Å². The first-order valence-corrected chi connectivity index (χ1v) is 8.96. The van der Waals surface area contributed by atoms with Crippen LogP contribution >= 0.6 is 11.8 Å². The highest BCUT2D eigenvalue weighted by atomic mass is 32.2. The second-order valence-corrected chi connectivity index (χ2v) is 8.49. The van der Waals surface area contributed by atoms with Crippen molar-refractivity contribution in [3.05, 3.63) is 5.89 Å². The van der Waals surface area contributed by atoms with Crippen molar-refractivity contribution in [2.75, 3.05) is 0 Å². The summed E-state index contributed by atoms with van der Waals surface area (Å²) in [5, 5.41) is 11.6. The first-order valence-electron chi connectivity index (χ1n) is 8.08. The maximum atomic E-state index is 12.5. The Kier molecular flexibility index (Phi) is 5.53. The number of nitrogens with zero attached hydrogens (tertiary/aromatic N) is 2. The first-order chi connectivity index (χ1) is 10.3. The van der Waals surface area contributed by atoms with Crippen molar-refractivity contribution in [1.29, 1.82) is 0 Å². The van der Waals surface area contributed by atoms with Gasteiger partial charge >= 0.3 is 0 Å². The maximum absolute atomic E-state index is 12.5. The van der Waals surface area contributed by atoms with Crippen LogP contribution in [-0.4, -0.2) is 27.4 Å². The maximum Gasteiger partial charge on any atom is 0.277 e. The highest BCUT2D eigenvalue weighted by Crippen LogP contribution is 2.30. The summed E-state index contributed by atoms with van der Waals surface area (Å²) in [5.74, 6) is 0.896. The van der Waals surface area contributed by atoms with E-state index in [1.165, 1.54) is 24.6 Å². The lowest BCUT2D eigenvalue weighted by molar-refractivity contribution is -0.121. The average molecular weight is 325 g/mol. The van der Waals surface area contributed by atoms with E-state index in [1.54, 1.807) is 0 Å². The summed E-state index contributed by atoms with van der Waals surface area (Å²) in [4.78, 5) is 12.5. The lowest BCUT2D eigenvalue weighted by atomic mass is 9.97. The molecule has 1 aromatic rings. The summed E-state index contributed by atoms with van der Waals surface area (Å²) >= 11 is 1.37. The van der Waals surface area contributed by atoms with Gasteiger partial charge in [-0.25, -0.2) is 0 Å². The summed E-state index contributed by atoms with van der Waals surface area (Å²) < 4.78 is 5.71. The van der Waals surface area contributed by atoms with Crippen molar-refractivity contribution >= 4 is 17.7 Å². The Morgan fingerprint density at radius 2 is 1.91 bits per heavy atom. The predicted octanol–water partition coefficient (Wildman–Crippen LogP) is 3.54. The summed E-state index contributed by atoms with van der Waals surface area (Å²) in [5.41, 5.74) is -0.175. The van der Waals surface area contributed by atoms with Crippen LogP contribution in [0.5, 0.6) is 0 Å². The van der Waals surface area contributed by atoms with Gasteiger partial charge in [0.2, 0.25) is 11.8 Å². The standard InChI is InChI=1S/C16H27N3O2S/c1-10(2)12(13(20)17-11-8-6-7-9-11)22-15-19-18-14(21-15)16(3,4)5/h10-12H,6-9H2,1-5H3,(H,17,20). The number of thioether (sulfide) groups is 1. The van der Waals surface area contributed by atoms with Crippen LogP contribution in [0, 0.1) is 5.92 Å². The van der Waals surface area contributed by atoms with Crippen LogP contribution in [0.15, 0.2) is 9.64 Å². The highest BCUT2D eigenvalue weighted by molar-refractivity contribution is 8.00. The molecule has 1 aliphatic carbocycles. The number of hydrogen-bond donors (Lipinski definition) is 1. The summed E-state index contributed by atoms with van der Waals surface area (Å²) in [6.07, 6.45) is 4.61. The summed E-state index contributed by atoms with van der Waals surface area (Å²) in [7, 11) is 0. The molecular weight excluding hydrogens is 298 g/mol. The van der Waals surface area contributed by atoms with Crippen molar-refractivity contribution in [2.45, 2.75) is 82.2 Å². The molecule has 0 spiro atoms. The molecule has 0 saturated heterocycles. The molecule has 1 N–H and O–H groups in total. The number of carbonyl (C=O) groups is 1. The number of carbonyl (C=O) groups excluding carboxylic acids is 1. The van der Waals surface area contributed by atoms with Gasteiger partial charge < -0.3 is 9.73 Å². The van der Waals surface area contributed by atoms with Crippen LogP contribution < -0.4 is 5.32 Å². The molecule has 1 aliphatic rings. The third kappa shape index (κ3) is 4.48. The number of hydrogen-bond acceptors (Lipinski definition) is 5. The van der Waals surface area contributed by atoms with Crippen LogP contribution in [0.4, 0.5) is 0 Å². The molecule has 0 radical (unpaired) electrons. The second kappa shape index (κ2) is 7.02. The van der Waals surface area contributed by atoms with E-state index >= 15 is 0 Å². The molecule has 2 rings (SSSR count). The zero-order valence-corrected chi connectivity index (χ0v) is 15.0. The molecule has 1 aromatic heterocycles. The predicted molar refractivity (Wildman–Crippen MR) is 87.9 cm³/mol. The quantitative estimate of drug-likeness (QED) is 0.839. The number of rotatable bonds is 5. The van der Waals surface area contributed by atoms with Crippen molar-refractivity contribution in [3.63, 3.8) is 0 Å². The van der Waals surface area contributed by atoms with Crippen molar-refractivity contribution < 1.29 is 9.21 Å². The van der Waals surface area contributed by atoms with Gasteiger partial charge in [-0.05, 0) is 18.8 Å². The van der Waals surface area contributed by atoms with Crippen LogP contribution in [-0.2, 0) is 10.2 Å². The Hall–Kier alpha value is -1.04. The fourth-order valence-electron chi connectivity index (χ4n) is 2.51. The van der Waals surface area contributed by atoms with E-state index in [2.05, 4.69) is 15.5 Å². The molecule has 6 heteroatoms. The van der Waals surface area contributed by atoms with Crippen molar-refractivity contribution in [3.8, 4) is 0 Å². The highest BCUT2D eigenvalue weighted by Gasteiger charge is 2.29. The molecule has 0 bridgehead atoms. The molecule has 0 aromatic carbocycles. The monoisotopic (exact) mass is 325 g/mol. The van der Waals surface area contributed by atoms with Gasteiger partial charge in [0.25, 0.3) is 5.22 Å². The fraction of sp³-hybridized carbons (Fsp3) is 0.812. The normalized spacial score (nSPS) is 17.9. The minimum absolute atomic E-state index is 0.0856. The van der Waals surface area contributed by atoms with Gasteiger partial charge in [-0.3, -0.25) is 4.79 Å². The Labute approximate surface area is 137 Å². The molecule has 1 saturated carbocycles. The SMILES string of the molecule is CC(C)C(Sc1nnc(C(C)(C)C)o1)C(=O)NC1CCCC1. The third-order valence-electron chi connectivity index (χ3n) is 3.84. The molecule has 124 valence electrons. The second-order valence-electron chi connectivity index (χ2n) is 7.40. The summed E-state index contributed by atoms with van der Waals surface area (Å²) in [6.45, 7) is 10.2. The lowest BCUT2D eigenvalue weighted by Crippen LogP contribution is -2.40. The van der Waals surface area contributed by atoms with Crippen LogP contribution in [0.1, 0.15) is 66.2 Å². The van der Waals surface area contributed by atoms with Gasteiger partial charge in [0.1, 0.15) is 0 Å². The van der Waals surface area contributed by atoms with Crippen LogP contribution in [0.25, 0.3) is 0 Å². The third-order valence-corrected chi connectivity index (χ3v) is 5.22. The minimum atomic E-state index is -0.200. The Balaban J connectivity index is 2.01. The van der Waals surface area contributed by atoms with E-state index in [9.17, 15) is 4.79 Å². The van der Waals surface area contributed by atoms with E-state index in [4.69, 9.17) is 4.42 Å². The largest absolute Gasteiger partial charge is 0.415 e. The Morgan fingerprint density at radius 3 is 2.41 bits per heavy atom. The van der Waals surface area contributed by atoms with Crippen LogP contribution in [0.2, 0.25) is 0 Å². The number of nitrogens with one attached hydrogen (secondary N) is 1.